The summed E-state index contributed by atoms with van der Waals surface area (Å²) in [6.45, 7) is 1.53. The zero-order chi connectivity index (χ0) is 7.44. The zero-order valence-corrected chi connectivity index (χ0v) is 6.46. The number of hydrogen-bond acceptors (Lipinski definition) is 3. The summed E-state index contributed by atoms with van der Waals surface area (Å²) >= 11 is 5.44. The monoisotopic (exact) mass is 165 g/mol. The van der Waals surface area contributed by atoms with Crippen LogP contribution in [0.4, 0.5) is 0 Å². The summed E-state index contributed by atoms with van der Waals surface area (Å²) in [6.07, 6.45) is 0. The largest absolute Gasteiger partial charge is 0.480 e. The summed E-state index contributed by atoms with van der Waals surface area (Å²) in [6, 6.07) is 0. The Morgan fingerprint density at radius 2 is 2.33 bits per heavy atom. The first-order valence-electron chi connectivity index (χ1n) is 2.23. The van der Waals surface area contributed by atoms with Crippen LogP contribution in [0.5, 0.6) is 0 Å². The van der Waals surface area contributed by atoms with Crippen molar-refractivity contribution in [3.05, 3.63) is 0 Å². The molecule has 1 unspecified atom stereocenters. The maximum atomic E-state index is 10.1. The van der Waals surface area contributed by atoms with Crippen molar-refractivity contribution in [3.63, 3.8) is 0 Å². The minimum atomic E-state index is -0.896. The Morgan fingerprint density at radius 1 is 1.89 bits per heavy atom. The van der Waals surface area contributed by atoms with Gasteiger partial charge in [-0.1, -0.05) is 24.0 Å². The first-order valence-corrected chi connectivity index (χ1v) is 3.51. The summed E-state index contributed by atoms with van der Waals surface area (Å²) in [5.41, 5.74) is 5.06. The second-order valence-electron chi connectivity index (χ2n) is 1.42. The van der Waals surface area contributed by atoms with Gasteiger partial charge in [0.15, 0.2) is 0 Å². The SMILES string of the molecule is CC(SC(N)=S)C(=O)O. The smallest absolute Gasteiger partial charge is 0.316 e. The molecule has 52 valence electrons. The lowest BCUT2D eigenvalue weighted by atomic mass is 10.5. The summed E-state index contributed by atoms with van der Waals surface area (Å²) in [4.78, 5) is 10.1. The Kier molecular flexibility index (Phi) is 3.56. The van der Waals surface area contributed by atoms with Gasteiger partial charge in [-0.2, -0.15) is 0 Å². The van der Waals surface area contributed by atoms with E-state index in [1.165, 1.54) is 6.92 Å². The molecule has 9 heavy (non-hydrogen) atoms. The summed E-state index contributed by atoms with van der Waals surface area (Å²) in [5, 5.41) is 7.76. The molecule has 0 aromatic carbocycles. The van der Waals surface area contributed by atoms with Crippen LogP contribution in [0.15, 0.2) is 0 Å². The number of thioether (sulfide) groups is 1. The van der Waals surface area contributed by atoms with Gasteiger partial charge in [0, 0.05) is 0 Å². The summed E-state index contributed by atoms with van der Waals surface area (Å²) in [5.74, 6) is -0.896. The molecule has 0 saturated carbocycles. The minimum absolute atomic E-state index is 0.171. The van der Waals surface area contributed by atoms with Crippen LogP contribution >= 0.6 is 24.0 Å². The number of carboxylic acid groups (broad SMARTS) is 1. The Hall–Kier alpha value is -0.290. The predicted molar refractivity (Wildman–Crippen MR) is 41.5 cm³/mol. The average Bonchev–Trinajstić information content (AvgIpc) is 1.63. The van der Waals surface area contributed by atoms with Gasteiger partial charge in [-0.15, -0.1) is 0 Å². The Bertz CT molecular complexity index is 137. The van der Waals surface area contributed by atoms with E-state index in [0.717, 1.165) is 11.8 Å². The summed E-state index contributed by atoms with van der Waals surface area (Å²) in [7, 11) is 0. The zero-order valence-electron chi connectivity index (χ0n) is 4.83. The molecule has 0 heterocycles. The summed E-state index contributed by atoms with van der Waals surface area (Å²) < 4.78 is 0.171. The highest BCUT2D eigenvalue weighted by molar-refractivity contribution is 8.23. The molecule has 0 radical (unpaired) electrons. The molecule has 0 saturated heterocycles. The fourth-order valence-electron chi connectivity index (χ4n) is 0.225. The van der Waals surface area contributed by atoms with Crippen molar-refractivity contribution >= 4 is 34.3 Å². The van der Waals surface area contributed by atoms with Crippen molar-refractivity contribution in [2.75, 3.05) is 0 Å². The van der Waals surface area contributed by atoms with Gasteiger partial charge >= 0.3 is 5.97 Å². The fraction of sp³-hybridized carbons (Fsp3) is 0.500. The highest BCUT2D eigenvalue weighted by Gasteiger charge is 2.11. The van der Waals surface area contributed by atoms with E-state index in [1.54, 1.807) is 0 Å². The second kappa shape index (κ2) is 3.68. The highest BCUT2D eigenvalue weighted by Crippen LogP contribution is 2.09. The van der Waals surface area contributed by atoms with E-state index in [-0.39, 0.29) is 4.32 Å². The van der Waals surface area contributed by atoms with Crippen LogP contribution < -0.4 is 5.73 Å². The van der Waals surface area contributed by atoms with E-state index in [4.69, 9.17) is 10.8 Å². The lowest BCUT2D eigenvalue weighted by molar-refractivity contribution is -0.136. The maximum Gasteiger partial charge on any atom is 0.316 e. The molecule has 0 aromatic heterocycles. The third-order valence-corrected chi connectivity index (χ3v) is 1.72. The van der Waals surface area contributed by atoms with E-state index in [2.05, 4.69) is 12.2 Å². The lowest BCUT2D eigenvalue weighted by Crippen LogP contribution is -2.16. The molecule has 3 N–H and O–H groups in total. The van der Waals surface area contributed by atoms with E-state index in [9.17, 15) is 4.79 Å². The number of carboxylic acids is 1. The van der Waals surface area contributed by atoms with E-state index >= 15 is 0 Å². The number of hydrogen-bond donors (Lipinski definition) is 2. The second-order valence-corrected chi connectivity index (χ2v) is 3.50. The van der Waals surface area contributed by atoms with Crippen molar-refractivity contribution < 1.29 is 9.90 Å². The van der Waals surface area contributed by atoms with Crippen molar-refractivity contribution in [2.24, 2.45) is 5.73 Å². The molecule has 5 heteroatoms. The first-order chi connectivity index (χ1) is 4.04. The fourth-order valence-corrected chi connectivity index (χ4v) is 1.11. The lowest BCUT2D eigenvalue weighted by Gasteiger charge is -2.01. The van der Waals surface area contributed by atoms with Crippen molar-refractivity contribution in [1.29, 1.82) is 0 Å². The third kappa shape index (κ3) is 4.23. The average molecular weight is 165 g/mol. The van der Waals surface area contributed by atoms with Gasteiger partial charge in [0.2, 0.25) is 0 Å². The van der Waals surface area contributed by atoms with Crippen molar-refractivity contribution in [3.8, 4) is 0 Å². The van der Waals surface area contributed by atoms with Crippen molar-refractivity contribution in [1.82, 2.24) is 0 Å². The molecule has 3 nitrogen and oxygen atoms in total. The predicted octanol–water partition coefficient (Wildman–Crippen LogP) is 0.436. The quantitative estimate of drug-likeness (QED) is 0.581. The van der Waals surface area contributed by atoms with Crippen LogP contribution in [-0.4, -0.2) is 20.6 Å². The van der Waals surface area contributed by atoms with Gasteiger partial charge in [-0.3, -0.25) is 4.79 Å². The van der Waals surface area contributed by atoms with Gasteiger partial charge < -0.3 is 10.8 Å². The number of carbonyl (C=O) groups is 1. The van der Waals surface area contributed by atoms with E-state index in [1.807, 2.05) is 0 Å². The molecular weight excluding hydrogens is 158 g/mol. The van der Waals surface area contributed by atoms with Gasteiger partial charge in [0.1, 0.15) is 9.57 Å². The van der Waals surface area contributed by atoms with Gasteiger partial charge in [0.25, 0.3) is 0 Å². The van der Waals surface area contributed by atoms with E-state index < -0.39 is 11.2 Å². The number of nitrogens with two attached hydrogens (primary N) is 1. The number of rotatable bonds is 2. The van der Waals surface area contributed by atoms with Crippen LogP contribution in [0.3, 0.4) is 0 Å². The molecule has 0 bridgehead atoms. The molecule has 0 aliphatic rings. The molecule has 0 rings (SSSR count). The topological polar surface area (TPSA) is 63.3 Å². The molecule has 0 spiro atoms. The molecular formula is C4H7NO2S2. The van der Waals surface area contributed by atoms with Crippen LogP contribution in [0, 0.1) is 0 Å². The molecule has 0 aliphatic carbocycles. The Balaban J connectivity index is 3.63. The van der Waals surface area contributed by atoms with Crippen LogP contribution in [-0.2, 0) is 4.79 Å². The first kappa shape index (κ1) is 8.71. The third-order valence-electron chi connectivity index (χ3n) is 0.641. The highest BCUT2D eigenvalue weighted by atomic mass is 32.2. The van der Waals surface area contributed by atoms with Crippen LogP contribution in [0.1, 0.15) is 6.92 Å². The number of aliphatic carboxylic acids is 1. The van der Waals surface area contributed by atoms with Gasteiger partial charge in [0.05, 0.1) is 0 Å². The van der Waals surface area contributed by atoms with E-state index in [0.29, 0.717) is 0 Å². The normalized spacial score (nSPS) is 12.6. The minimum Gasteiger partial charge on any atom is -0.480 e. The Labute approximate surface area is 62.6 Å². The molecule has 1 atom stereocenters. The van der Waals surface area contributed by atoms with Gasteiger partial charge in [-0.05, 0) is 6.92 Å². The molecule has 0 aromatic rings. The molecule has 0 amide bonds. The van der Waals surface area contributed by atoms with Crippen LogP contribution in [0.2, 0.25) is 0 Å². The number of thiocarbonyl (C=S) groups is 1. The Morgan fingerprint density at radius 3 is 2.44 bits per heavy atom. The standard InChI is InChI=1S/C4H7NO2S2/c1-2(3(6)7)9-4(5)8/h2H,1H3,(H2,5,8)(H,6,7). The van der Waals surface area contributed by atoms with Gasteiger partial charge in [-0.25, -0.2) is 0 Å². The molecule has 0 fully saturated rings. The molecule has 0 aliphatic heterocycles. The van der Waals surface area contributed by atoms with Crippen LogP contribution in [0.25, 0.3) is 0 Å². The maximum absolute atomic E-state index is 10.1. The van der Waals surface area contributed by atoms with Crippen molar-refractivity contribution in [2.45, 2.75) is 12.2 Å².